The van der Waals surface area contributed by atoms with Gasteiger partial charge in [-0.05, 0) is 152 Å². The molecule has 6 aliphatic rings. The zero-order valence-corrected chi connectivity index (χ0v) is 28.2. The maximum absolute atomic E-state index is 12.8. The largest absolute Gasteiger partial charge is 0.485 e. The third-order valence-corrected chi connectivity index (χ3v) is 14.6. The molecule has 0 unspecified atom stereocenters. The molecule has 9 atom stereocenters. The van der Waals surface area contributed by atoms with Crippen molar-refractivity contribution in [2.45, 2.75) is 115 Å². The average molecular weight is 631 g/mol. The molecule has 3 aromatic rings. The van der Waals surface area contributed by atoms with Crippen molar-refractivity contribution in [1.29, 1.82) is 0 Å². The van der Waals surface area contributed by atoms with Gasteiger partial charge < -0.3 is 14.6 Å². The lowest BCUT2D eigenvalue weighted by Gasteiger charge is -2.50. The van der Waals surface area contributed by atoms with E-state index in [9.17, 15) is 9.90 Å². The van der Waals surface area contributed by atoms with E-state index in [2.05, 4.69) is 68.4 Å². The Morgan fingerprint density at radius 3 is 2.40 bits per heavy atom. The van der Waals surface area contributed by atoms with Gasteiger partial charge in [-0.2, -0.15) is 0 Å². The molecule has 0 spiro atoms. The monoisotopic (exact) mass is 630 g/mol. The molecule has 0 heterocycles. The highest BCUT2D eigenvalue weighted by molar-refractivity contribution is 5.87. The summed E-state index contributed by atoms with van der Waals surface area (Å²) in [6, 6.07) is 21.8. The van der Waals surface area contributed by atoms with Gasteiger partial charge in [-0.3, -0.25) is 4.79 Å². The highest BCUT2D eigenvalue weighted by atomic mass is 16.5. The molecule has 4 nitrogen and oxygen atoms in total. The smallest absolute Gasteiger partial charge is 0.172 e. The Balaban J connectivity index is 1.03. The van der Waals surface area contributed by atoms with Gasteiger partial charge >= 0.3 is 0 Å². The molecule has 0 saturated heterocycles. The second kappa shape index (κ2) is 11.2. The van der Waals surface area contributed by atoms with E-state index in [1.54, 1.807) is 0 Å². The van der Waals surface area contributed by atoms with Crippen molar-refractivity contribution < 1.29 is 19.4 Å². The van der Waals surface area contributed by atoms with E-state index >= 15 is 0 Å². The maximum atomic E-state index is 12.8. The van der Waals surface area contributed by atoms with Crippen molar-refractivity contribution in [3.05, 3.63) is 88.5 Å². The van der Waals surface area contributed by atoms with Crippen LogP contribution in [0.4, 0.5) is 0 Å². The summed E-state index contributed by atoms with van der Waals surface area (Å²) in [6.07, 6.45) is 12.6. The number of rotatable bonds is 5. The van der Waals surface area contributed by atoms with E-state index in [1.165, 1.54) is 28.7 Å². The summed E-state index contributed by atoms with van der Waals surface area (Å²) in [4.78, 5) is 12.8. The van der Waals surface area contributed by atoms with Crippen LogP contribution < -0.4 is 9.47 Å². The summed E-state index contributed by atoms with van der Waals surface area (Å²) in [5.74, 6) is 6.66. The van der Waals surface area contributed by atoms with Crippen LogP contribution in [-0.2, 0) is 24.2 Å². The number of hydrogen-bond acceptors (Lipinski definition) is 4. The average Bonchev–Trinajstić information content (AvgIpc) is 3.58. The number of aliphatic hydroxyl groups excluding tert-OH is 1. The van der Waals surface area contributed by atoms with Crippen LogP contribution >= 0.6 is 0 Å². The van der Waals surface area contributed by atoms with Crippen molar-refractivity contribution in [1.82, 2.24) is 0 Å². The molecule has 246 valence electrons. The molecule has 4 saturated carbocycles. The minimum absolute atomic E-state index is 0.0725. The third-order valence-electron chi connectivity index (χ3n) is 14.6. The van der Waals surface area contributed by atoms with Gasteiger partial charge in [0.15, 0.2) is 11.5 Å². The van der Waals surface area contributed by atoms with E-state index in [4.69, 9.17) is 9.47 Å². The second-order valence-electron chi connectivity index (χ2n) is 16.6. The first-order chi connectivity index (χ1) is 22.8. The molecule has 0 aromatic heterocycles. The van der Waals surface area contributed by atoms with Gasteiger partial charge in [0, 0.05) is 17.4 Å². The van der Waals surface area contributed by atoms with Crippen LogP contribution in [0.3, 0.4) is 0 Å². The minimum Gasteiger partial charge on any atom is -0.485 e. The predicted molar refractivity (Wildman–Crippen MR) is 184 cm³/mol. The Kier molecular flexibility index (Phi) is 7.16. The van der Waals surface area contributed by atoms with Gasteiger partial charge in [-0.25, -0.2) is 0 Å². The lowest BCUT2D eigenvalue weighted by Crippen LogP contribution is -2.43. The van der Waals surface area contributed by atoms with Crippen LogP contribution in [0.15, 0.2) is 60.7 Å². The number of aliphatic hydroxyl groups is 1. The van der Waals surface area contributed by atoms with E-state index in [0.29, 0.717) is 47.9 Å². The second-order valence-corrected chi connectivity index (χ2v) is 16.6. The lowest BCUT2D eigenvalue weighted by atomic mass is 9.55. The van der Waals surface area contributed by atoms with Crippen LogP contribution in [0.1, 0.15) is 118 Å². The van der Waals surface area contributed by atoms with Crippen molar-refractivity contribution in [3.8, 4) is 17.2 Å². The molecule has 0 bridgehead atoms. The SMILES string of the molecule is C[C@]12CC[C@@H]3c4ccc(OCc5ccccc5)c(Oc5ccc6c(c5)CC[C@@H]5[C@@H]6CC[C@]6(C)C(=O)CC[C@@H]56)c4CC[C@H]3[C@@H]1CC[C@@H]2O. The molecule has 0 radical (unpaired) electrons. The van der Waals surface area contributed by atoms with Crippen LogP contribution in [0.25, 0.3) is 0 Å². The van der Waals surface area contributed by atoms with E-state index < -0.39 is 0 Å². The first kappa shape index (κ1) is 30.0. The molecular weight excluding hydrogens is 580 g/mol. The normalized spacial score (nSPS) is 36.7. The predicted octanol–water partition coefficient (Wildman–Crippen LogP) is 9.70. The zero-order valence-electron chi connectivity index (χ0n) is 28.2. The van der Waals surface area contributed by atoms with Gasteiger partial charge in [0.1, 0.15) is 18.1 Å². The molecule has 1 N–H and O–H groups in total. The maximum Gasteiger partial charge on any atom is 0.172 e. The molecule has 4 heteroatoms. The zero-order chi connectivity index (χ0) is 31.9. The topological polar surface area (TPSA) is 55.8 Å². The van der Waals surface area contributed by atoms with Crippen molar-refractivity contribution in [2.75, 3.05) is 0 Å². The number of benzene rings is 3. The van der Waals surface area contributed by atoms with Crippen LogP contribution in [-0.4, -0.2) is 17.0 Å². The van der Waals surface area contributed by atoms with Crippen LogP contribution in [0, 0.1) is 34.5 Å². The number of carbonyl (C=O) groups excluding carboxylic acids is 1. The Morgan fingerprint density at radius 1 is 0.766 bits per heavy atom. The summed E-state index contributed by atoms with van der Waals surface area (Å²) in [5, 5.41) is 10.9. The molecule has 3 aromatic carbocycles. The number of fused-ring (bicyclic) bond motifs is 10. The van der Waals surface area contributed by atoms with E-state index in [1.807, 2.05) is 6.07 Å². The quantitative estimate of drug-likeness (QED) is 0.305. The minimum atomic E-state index is -0.152. The Hall–Kier alpha value is -3.11. The molecule has 0 aliphatic heterocycles. The molecule has 6 aliphatic carbocycles. The standard InChI is InChI=1S/C43H50O4/c1-42-22-20-31-29-11-9-28(24-27(29)8-10-33(31)36(42)15-18-39(42)44)47-41-35-13-12-34-32(21-23-43(2)37(34)16-19-40(43)45)30(35)14-17-38(41)46-25-26-6-4-3-5-7-26/h3-7,9,11,14,17,24,31-34,36-37,40,45H,8,10,12-13,15-16,18-23,25H2,1-2H3/t31-,32-,33-,34-,36+,37+,40+,42+,43+/m1/s1. The fourth-order valence-electron chi connectivity index (χ4n) is 12.1. The summed E-state index contributed by atoms with van der Waals surface area (Å²) in [5.41, 5.74) is 6.84. The number of Topliss-reactive ketones (excluding diaryl/α,β-unsaturated/α-hetero) is 1. The summed E-state index contributed by atoms with van der Waals surface area (Å²) < 4.78 is 13.5. The van der Waals surface area contributed by atoms with Gasteiger partial charge in [0.25, 0.3) is 0 Å². The summed E-state index contributed by atoms with van der Waals surface area (Å²) in [6.45, 7) is 5.13. The Labute approximate surface area is 280 Å². The molecule has 9 rings (SSSR count). The Bertz CT molecular complexity index is 1700. The van der Waals surface area contributed by atoms with E-state index in [-0.39, 0.29) is 16.9 Å². The first-order valence-electron chi connectivity index (χ1n) is 18.7. The van der Waals surface area contributed by atoms with Crippen LogP contribution in [0.5, 0.6) is 17.2 Å². The summed E-state index contributed by atoms with van der Waals surface area (Å²) in [7, 11) is 0. The van der Waals surface area contributed by atoms with E-state index in [0.717, 1.165) is 93.4 Å². The van der Waals surface area contributed by atoms with Crippen molar-refractivity contribution in [2.24, 2.45) is 34.5 Å². The first-order valence-corrected chi connectivity index (χ1v) is 18.7. The van der Waals surface area contributed by atoms with Gasteiger partial charge in [-0.15, -0.1) is 0 Å². The fraction of sp³-hybridized carbons (Fsp3) is 0.558. The van der Waals surface area contributed by atoms with Gasteiger partial charge in [0.05, 0.1) is 6.10 Å². The number of ketones is 1. The molecule has 4 fully saturated rings. The van der Waals surface area contributed by atoms with Gasteiger partial charge in [-0.1, -0.05) is 56.3 Å². The number of ether oxygens (including phenoxy) is 2. The number of hydrogen-bond donors (Lipinski definition) is 1. The third kappa shape index (κ3) is 4.67. The van der Waals surface area contributed by atoms with Gasteiger partial charge in [0.2, 0.25) is 0 Å². The lowest BCUT2D eigenvalue weighted by molar-refractivity contribution is -0.129. The Morgan fingerprint density at radius 2 is 1.53 bits per heavy atom. The molecule has 0 amide bonds. The van der Waals surface area contributed by atoms with Crippen molar-refractivity contribution in [3.63, 3.8) is 0 Å². The molecule has 47 heavy (non-hydrogen) atoms. The number of carbonyl (C=O) groups is 1. The van der Waals surface area contributed by atoms with Crippen LogP contribution in [0.2, 0.25) is 0 Å². The highest BCUT2D eigenvalue weighted by Crippen LogP contribution is 2.63. The summed E-state index contributed by atoms with van der Waals surface area (Å²) >= 11 is 0. The van der Waals surface area contributed by atoms with Crippen molar-refractivity contribution >= 4 is 5.78 Å². The fourth-order valence-corrected chi connectivity index (χ4v) is 12.1. The highest BCUT2D eigenvalue weighted by Gasteiger charge is 2.56. The molecular formula is C43H50O4. The number of aryl methyl sites for hydroxylation is 1.